The molecule has 0 unspecified atom stereocenters. The highest BCUT2D eigenvalue weighted by molar-refractivity contribution is 5.95. The highest BCUT2D eigenvalue weighted by Crippen LogP contribution is 2.32. The third-order valence-electron chi connectivity index (χ3n) is 6.02. The molecule has 9 heteroatoms. The lowest BCUT2D eigenvalue weighted by molar-refractivity contribution is 0.0741. The largest absolute Gasteiger partial charge is 0.494 e. The lowest BCUT2D eigenvalue weighted by Gasteiger charge is -2.35. The van der Waals surface area contributed by atoms with Crippen molar-refractivity contribution in [3.05, 3.63) is 78.4 Å². The van der Waals surface area contributed by atoms with E-state index in [0.29, 0.717) is 32.8 Å². The molecule has 0 saturated carbocycles. The Bertz CT molecular complexity index is 1370. The molecule has 0 radical (unpaired) electrons. The van der Waals surface area contributed by atoms with Gasteiger partial charge in [-0.15, -0.1) is 0 Å². The van der Waals surface area contributed by atoms with Gasteiger partial charge in [-0.2, -0.15) is 0 Å². The number of halogens is 2. The molecule has 2 aromatic carbocycles. The van der Waals surface area contributed by atoms with Gasteiger partial charge in [0.1, 0.15) is 29.5 Å². The lowest BCUT2D eigenvalue weighted by atomic mass is 10.0. The number of fused-ring (bicyclic) bond motifs is 1. The van der Waals surface area contributed by atoms with Crippen molar-refractivity contribution in [2.24, 2.45) is 0 Å². The zero-order valence-corrected chi connectivity index (χ0v) is 19.1. The van der Waals surface area contributed by atoms with Crippen molar-refractivity contribution in [3.63, 3.8) is 0 Å². The summed E-state index contributed by atoms with van der Waals surface area (Å²) < 4.78 is 33.2. The van der Waals surface area contributed by atoms with Gasteiger partial charge in [-0.1, -0.05) is 0 Å². The van der Waals surface area contributed by atoms with Gasteiger partial charge in [-0.25, -0.2) is 23.7 Å². The summed E-state index contributed by atoms with van der Waals surface area (Å²) in [6.45, 7) is 4.32. The van der Waals surface area contributed by atoms with Gasteiger partial charge in [0.15, 0.2) is 0 Å². The van der Waals surface area contributed by atoms with Crippen LogP contribution in [0.1, 0.15) is 17.3 Å². The number of rotatable bonds is 5. The maximum Gasteiger partial charge on any atom is 0.257 e. The lowest BCUT2D eigenvalue weighted by Crippen LogP contribution is -2.49. The first-order chi connectivity index (χ1) is 17.0. The summed E-state index contributed by atoms with van der Waals surface area (Å²) in [7, 11) is 0. The first-order valence-electron chi connectivity index (χ1n) is 11.4. The Morgan fingerprint density at radius 1 is 1.00 bits per heavy atom. The smallest absolute Gasteiger partial charge is 0.257 e. The molecule has 0 bridgehead atoms. The van der Waals surface area contributed by atoms with E-state index in [2.05, 4.69) is 19.9 Å². The standard InChI is InChI=1S/C26H23F2N5O2/c1-2-35-19-12-20(22-15-29-16-31-24(22)13-19)17-3-6-25(30-14-17)32-7-9-33(10-8-32)26(34)21-11-18(27)4-5-23(21)28/h3-6,11-16H,2,7-10H2,1H3. The molecule has 3 heterocycles. The van der Waals surface area contributed by atoms with Crippen LogP contribution in [-0.2, 0) is 0 Å². The number of carbonyl (C=O) groups excluding carboxylic acids is 1. The first-order valence-corrected chi connectivity index (χ1v) is 11.4. The molecule has 0 spiro atoms. The van der Waals surface area contributed by atoms with E-state index in [1.165, 1.54) is 11.2 Å². The van der Waals surface area contributed by atoms with Gasteiger partial charge >= 0.3 is 0 Å². The second kappa shape index (κ2) is 9.61. The molecule has 35 heavy (non-hydrogen) atoms. The Morgan fingerprint density at radius 2 is 1.83 bits per heavy atom. The van der Waals surface area contributed by atoms with E-state index in [1.54, 1.807) is 12.4 Å². The molecule has 5 rings (SSSR count). The minimum atomic E-state index is -0.720. The van der Waals surface area contributed by atoms with E-state index in [0.717, 1.165) is 51.8 Å². The van der Waals surface area contributed by atoms with E-state index >= 15 is 0 Å². The van der Waals surface area contributed by atoms with Gasteiger partial charge in [-0.3, -0.25) is 4.79 Å². The molecule has 0 atom stereocenters. The molecule has 7 nitrogen and oxygen atoms in total. The summed E-state index contributed by atoms with van der Waals surface area (Å²) in [6, 6.07) is 10.7. The molecular weight excluding hydrogens is 452 g/mol. The van der Waals surface area contributed by atoms with Crippen LogP contribution in [0.5, 0.6) is 5.75 Å². The third kappa shape index (κ3) is 4.62. The van der Waals surface area contributed by atoms with Crippen molar-refractivity contribution in [1.82, 2.24) is 19.9 Å². The van der Waals surface area contributed by atoms with Crippen LogP contribution in [0.2, 0.25) is 0 Å². The first kappa shape index (κ1) is 22.6. The molecule has 178 valence electrons. The van der Waals surface area contributed by atoms with Crippen LogP contribution >= 0.6 is 0 Å². The molecule has 0 aliphatic carbocycles. The van der Waals surface area contributed by atoms with Gasteiger partial charge in [0.25, 0.3) is 5.91 Å². The van der Waals surface area contributed by atoms with E-state index in [4.69, 9.17) is 4.74 Å². The van der Waals surface area contributed by atoms with E-state index in [9.17, 15) is 13.6 Å². The van der Waals surface area contributed by atoms with Gasteiger partial charge in [0.2, 0.25) is 0 Å². The van der Waals surface area contributed by atoms with Crippen LogP contribution in [0, 0.1) is 11.6 Å². The summed E-state index contributed by atoms with van der Waals surface area (Å²) in [5.74, 6) is -0.355. The maximum absolute atomic E-state index is 14.0. The van der Waals surface area contributed by atoms with Crippen LogP contribution in [0.15, 0.2) is 61.2 Å². The number of hydrogen-bond donors (Lipinski definition) is 0. The number of carbonyl (C=O) groups is 1. The summed E-state index contributed by atoms with van der Waals surface area (Å²) in [5.41, 5.74) is 2.38. The van der Waals surface area contributed by atoms with Crippen LogP contribution in [0.25, 0.3) is 22.0 Å². The van der Waals surface area contributed by atoms with Crippen molar-refractivity contribution in [1.29, 1.82) is 0 Å². The Kier molecular flexibility index (Phi) is 6.22. The molecule has 1 saturated heterocycles. The average Bonchev–Trinajstić information content (AvgIpc) is 2.89. The van der Waals surface area contributed by atoms with Gasteiger partial charge in [0.05, 0.1) is 17.7 Å². The SMILES string of the molecule is CCOc1cc(-c2ccc(N3CCN(C(=O)c4cc(F)ccc4F)CC3)nc2)c2cncnc2c1. The molecule has 1 amide bonds. The van der Waals surface area contributed by atoms with E-state index in [-0.39, 0.29) is 5.56 Å². The van der Waals surface area contributed by atoms with E-state index < -0.39 is 17.5 Å². The normalized spacial score (nSPS) is 13.8. The molecule has 4 aromatic rings. The molecule has 1 aliphatic heterocycles. The topological polar surface area (TPSA) is 71.5 Å². The molecular formula is C26H23F2N5O2. The van der Waals surface area contributed by atoms with Crippen molar-refractivity contribution in [2.45, 2.75) is 6.92 Å². The van der Waals surface area contributed by atoms with Crippen molar-refractivity contribution >= 4 is 22.6 Å². The zero-order valence-electron chi connectivity index (χ0n) is 19.1. The number of anilines is 1. The minimum absolute atomic E-state index is 0.244. The number of ether oxygens (including phenoxy) is 1. The number of pyridine rings is 1. The van der Waals surface area contributed by atoms with Gasteiger partial charge < -0.3 is 14.5 Å². The summed E-state index contributed by atoms with van der Waals surface area (Å²) in [5, 5.41) is 0.905. The third-order valence-corrected chi connectivity index (χ3v) is 6.02. The van der Waals surface area contributed by atoms with Crippen LogP contribution in [0.4, 0.5) is 14.6 Å². The fraction of sp³-hybridized carbons (Fsp3) is 0.231. The number of benzene rings is 2. The highest BCUT2D eigenvalue weighted by atomic mass is 19.1. The second-order valence-electron chi connectivity index (χ2n) is 8.17. The Morgan fingerprint density at radius 3 is 2.57 bits per heavy atom. The average molecular weight is 475 g/mol. The number of nitrogens with zero attached hydrogens (tertiary/aromatic N) is 5. The van der Waals surface area contributed by atoms with Crippen molar-refractivity contribution in [3.8, 4) is 16.9 Å². The summed E-state index contributed by atoms with van der Waals surface area (Å²) in [6.07, 6.45) is 5.09. The van der Waals surface area contributed by atoms with Crippen molar-refractivity contribution < 1.29 is 18.3 Å². The quantitative estimate of drug-likeness (QED) is 0.428. The van der Waals surface area contributed by atoms with Gasteiger partial charge in [0, 0.05) is 55.6 Å². The highest BCUT2D eigenvalue weighted by Gasteiger charge is 2.25. The Balaban J connectivity index is 1.32. The maximum atomic E-state index is 14.0. The molecule has 2 aromatic heterocycles. The Hall–Kier alpha value is -4.14. The predicted molar refractivity (Wildman–Crippen MR) is 128 cm³/mol. The predicted octanol–water partition coefficient (Wildman–Crippen LogP) is 4.33. The van der Waals surface area contributed by atoms with Crippen LogP contribution < -0.4 is 9.64 Å². The Labute approximate surface area is 201 Å². The monoisotopic (exact) mass is 475 g/mol. The number of amides is 1. The molecule has 1 aliphatic rings. The van der Waals surface area contributed by atoms with Crippen LogP contribution in [-0.4, -0.2) is 58.5 Å². The van der Waals surface area contributed by atoms with Crippen LogP contribution in [0.3, 0.4) is 0 Å². The fourth-order valence-electron chi connectivity index (χ4n) is 4.25. The fourth-order valence-corrected chi connectivity index (χ4v) is 4.25. The minimum Gasteiger partial charge on any atom is -0.494 e. The number of aromatic nitrogens is 3. The van der Waals surface area contributed by atoms with Gasteiger partial charge in [-0.05, 0) is 48.9 Å². The summed E-state index contributed by atoms with van der Waals surface area (Å²) in [4.78, 5) is 29.4. The zero-order chi connectivity index (χ0) is 24.4. The number of piperazine rings is 1. The second-order valence-corrected chi connectivity index (χ2v) is 8.17. The van der Waals surface area contributed by atoms with Crippen molar-refractivity contribution in [2.75, 3.05) is 37.7 Å². The summed E-state index contributed by atoms with van der Waals surface area (Å²) >= 11 is 0. The molecule has 1 fully saturated rings. The number of hydrogen-bond acceptors (Lipinski definition) is 6. The molecule has 0 N–H and O–H groups in total. The van der Waals surface area contributed by atoms with E-state index in [1.807, 2.05) is 31.2 Å².